The van der Waals surface area contributed by atoms with Crippen LogP contribution < -0.4 is 0 Å². The summed E-state index contributed by atoms with van der Waals surface area (Å²) in [4.78, 5) is 0. The van der Waals surface area contributed by atoms with Gasteiger partial charge in [0.05, 0.1) is 11.6 Å². The lowest BCUT2D eigenvalue weighted by atomic mass is 10.1. The molecule has 0 radical (unpaired) electrons. The standard InChI is InChI=1S/C19H13NO/c20-14-17(15-7-3-1-4-8-15)13-18-11-12-19(21-18)16-9-5-2-6-10-16/h1-13H. The summed E-state index contributed by atoms with van der Waals surface area (Å²) in [5, 5.41) is 9.30. The molecule has 100 valence electrons. The lowest BCUT2D eigenvalue weighted by Gasteiger charge is -1.98. The van der Waals surface area contributed by atoms with Crippen LogP contribution in [0.4, 0.5) is 0 Å². The van der Waals surface area contributed by atoms with Crippen LogP contribution in [0.15, 0.2) is 77.2 Å². The highest BCUT2D eigenvalue weighted by atomic mass is 16.3. The lowest BCUT2D eigenvalue weighted by molar-refractivity contribution is 0.572. The monoisotopic (exact) mass is 271 g/mol. The van der Waals surface area contributed by atoms with E-state index in [0.29, 0.717) is 11.3 Å². The van der Waals surface area contributed by atoms with Crippen LogP contribution in [0.3, 0.4) is 0 Å². The third-order valence-electron chi connectivity index (χ3n) is 3.18. The highest BCUT2D eigenvalue weighted by Gasteiger charge is 2.05. The summed E-state index contributed by atoms with van der Waals surface area (Å²) in [6, 6.07) is 25.5. The first-order valence-electron chi connectivity index (χ1n) is 6.69. The zero-order valence-electron chi connectivity index (χ0n) is 11.4. The Hall–Kier alpha value is -3.05. The van der Waals surface area contributed by atoms with Gasteiger partial charge in [0.25, 0.3) is 0 Å². The zero-order valence-corrected chi connectivity index (χ0v) is 11.4. The molecule has 0 N–H and O–H groups in total. The van der Waals surface area contributed by atoms with Gasteiger partial charge >= 0.3 is 0 Å². The van der Waals surface area contributed by atoms with Gasteiger partial charge in [0.1, 0.15) is 11.5 Å². The Balaban J connectivity index is 1.93. The normalized spacial score (nSPS) is 11.1. The quantitative estimate of drug-likeness (QED) is 0.628. The van der Waals surface area contributed by atoms with Crippen molar-refractivity contribution in [2.45, 2.75) is 0 Å². The minimum Gasteiger partial charge on any atom is -0.457 e. The number of hydrogen-bond donors (Lipinski definition) is 0. The van der Waals surface area contributed by atoms with Gasteiger partial charge in [-0.25, -0.2) is 0 Å². The van der Waals surface area contributed by atoms with Crippen LogP contribution in [-0.4, -0.2) is 0 Å². The molecule has 21 heavy (non-hydrogen) atoms. The fourth-order valence-corrected chi connectivity index (χ4v) is 2.13. The molecule has 3 rings (SSSR count). The Morgan fingerprint density at radius 2 is 1.52 bits per heavy atom. The first-order chi connectivity index (χ1) is 10.4. The second kappa shape index (κ2) is 5.94. The smallest absolute Gasteiger partial charge is 0.134 e. The van der Waals surface area contributed by atoms with E-state index in [4.69, 9.17) is 4.42 Å². The minimum absolute atomic E-state index is 0.588. The zero-order chi connectivity index (χ0) is 14.5. The molecular weight excluding hydrogens is 258 g/mol. The van der Waals surface area contributed by atoms with Crippen molar-refractivity contribution in [3.05, 3.63) is 84.1 Å². The highest BCUT2D eigenvalue weighted by molar-refractivity contribution is 5.88. The molecule has 0 bridgehead atoms. The Morgan fingerprint density at radius 3 is 2.19 bits per heavy atom. The molecule has 2 heteroatoms. The Kier molecular flexibility index (Phi) is 3.66. The summed E-state index contributed by atoms with van der Waals surface area (Å²) in [5.41, 5.74) is 2.50. The van der Waals surface area contributed by atoms with Crippen LogP contribution in [0.1, 0.15) is 11.3 Å². The SMILES string of the molecule is N#CC(=Cc1ccc(-c2ccccc2)o1)c1ccccc1. The first kappa shape index (κ1) is 13.0. The van der Waals surface area contributed by atoms with Gasteiger partial charge in [-0.1, -0.05) is 60.7 Å². The van der Waals surface area contributed by atoms with Gasteiger partial charge in [-0.3, -0.25) is 0 Å². The minimum atomic E-state index is 0.588. The number of furan rings is 1. The Bertz CT molecular complexity index is 792. The van der Waals surface area contributed by atoms with E-state index >= 15 is 0 Å². The van der Waals surface area contributed by atoms with Crippen molar-refractivity contribution >= 4 is 11.6 Å². The van der Waals surface area contributed by atoms with Crippen LogP contribution in [0, 0.1) is 11.3 Å². The molecule has 0 amide bonds. The van der Waals surface area contributed by atoms with E-state index < -0.39 is 0 Å². The largest absolute Gasteiger partial charge is 0.457 e. The molecule has 1 heterocycles. The number of rotatable bonds is 3. The van der Waals surface area contributed by atoms with Crippen molar-refractivity contribution in [3.8, 4) is 17.4 Å². The van der Waals surface area contributed by atoms with Gasteiger partial charge in [0, 0.05) is 5.56 Å². The molecule has 0 aliphatic rings. The van der Waals surface area contributed by atoms with Gasteiger partial charge < -0.3 is 4.42 Å². The van der Waals surface area contributed by atoms with Crippen molar-refractivity contribution < 1.29 is 4.42 Å². The maximum absolute atomic E-state index is 9.30. The van der Waals surface area contributed by atoms with E-state index in [1.54, 1.807) is 6.08 Å². The predicted molar refractivity (Wildman–Crippen MR) is 84.1 cm³/mol. The summed E-state index contributed by atoms with van der Waals surface area (Å²) in [6.07, 6.45) is 1.77. The number of hydrogen-bond acceptors (Lipinski definition) is 2. The van der Waals surface area contributed by atoms with Crippen molar-refractivity contribution in [2.75, 3.05) is 0 Å². The van der Waals surface area contributed by atoms with E-state index in [1.807, 2.05) is 72.8 Å². The molecule has 0 atom stereocenters. The summed E-state index contributed by atoms with van der Waals surface area (Å²) in [6.45, 7) is 0. The number of nitrogens with zero attached hydrogens (tertiary/aromatic N) is 1. The molecule has 0 unspecified atom stereocenters. The molecule has 2 nitrogen and oxygen atoms in total. The summed E-state index contributed by atoms with van der Waals surface area (Å²) in [7, 11) is 0. The van der Waals surface area contributed by atoms with Crippen LogP contribution in [0.25, 0.3) is 23.0 Å². The second-order valence-corrected chi connectivity index (χ2v) is 4.60. The van der Waals surface area contributed by atoms with E-state index in [2.05, 4.69) is 6.07 Å². The van der Waals surface area contributed by atoms with E-state index in [-0.39, 0.29) is 0 Å². The van der Waals surface area contributed by atoms with Crippen LogP contribution >= 0.6 is 0 Å². The molecule has 0 fully saturated rings. The summed E-state index contributed by atoms with van der Waals surface area (Å²) in [5.74, 6) is 1.47. The first-order valence-corrected chi connectivity index (χ1v) is 6.69. The topological polar surface area (TPSA) is 36.9 Å². The maximum Gasteiger partial charge on any atom is 0.134 e. The summed E-state index contributed by atoms with van der Waals surface area (Å²) >= 11 is 0. The lowest BCUT2D eigenvalue weighted by Crippen LogP contribution is -1.79. The second-order valence-electron chi connectivity index (χ2n) is 4.60. The van der Waals surface area contributed by atoms with Gasteiger partial charge in [-0.05, 0) is 23.8 Å². The average Bonchev–Trinajstić information content (AvgIpc) is 3.03. The van der Waals surface area contributed by atoms with Crippen molar-refractivity contribution in [1.29, 1.82) is 5.26 Å². The van der Waals surface area contributed by atoms with Gasteiger partial charge in [0.2, 0.25) is 0 Å². The Morgan fingerprint density at radius 1 is 0.857 bits per heavy atom. The molecule has 0 aliphatic carbocycles. The number of nitriles is 1. The van der Waals surface area contributed by atoms with Gasteiger partial charge in [-0.15, -0.1) is 0 Å². The molecule has 0 saturated heterocycles. The van der Waals surface area contributed by atoms with Crippen molar-refractivity contribution in [1.82, 2.24) is 0 Å². The van der Waals surface area contributed by atoms with Crippen LogP contribution in [0.5, 0.6) is 0 Å². The van der Waals surface area contributed by atoms with E-state index in [0.717, 1.165) is 16.9 Å². The molecule has 0 saturated carbocycles. The Labute approximate surface area is 123 Å². The predicted octanol–water partition coefficient (Wildman–Crippen LogP) is 5.01. The number of allylic oxidation sites excluding steroid dienone is 1. The molecule has 2 aromatic carbocycles. The summed E-state index contributed by atoms with van der Waals surface area (Å²) < 4.78 is 5.80. The molecule has 1 aromatic heterocycles. The van der Waals surface area contributed by atoms with Crippen molar-refractivity contribution in [2.24, 2.45) is 0 Å². The third-order valence-corrected chi connectivity index (χ3v) is 3.18. The van der Waals surface area contributed by atoms with Crippen LogP contribution in [-0.2, 0) is 0 Å². The fraction of sp³-hybridized carbons (Fsp3) is 0. The molecule has 3 aromatic rings. The third kappa shape index (κ3) is 2.93. The maximum atomic E-state index is 9.30. The van der Waals surface area contributed by atoms with Gasteiger partial charge in [0.15, 0.2) is 0 Å². The highest BCUT2D eigenvalue weighted by Crippen LogP contribution is 2.24. The van der Waals surface area contributed by atoms with Crippen LogP contribution in [0.2, 0.25) is 0 Å². The molecule has 0 aliphatic heterocycles. The van der Waals surface area contributed by atoms with E-state index in [9.17, 15) is 5.26 Å². The fourth-order valence-electron chi connectivity index (χ4n) is 2.13. The van der Waals surface area contributed by atoms with E-state index in [1.165, 1.54) is 0 Å². The van der Waals surface area contributed by atoms with Gasteiger partial charge in [-0.2, -0.15) is 5.26 Å². The molecule has 0 spiro atoms. The average molecular weight is 271 g/mol. The number of benzene rings is 2. The van der Waals surface area contributed by atoms with Crippen molar-refractivity contribution in [3.63, 3.8) is 0 Å². The molecular formula is C19H13NO.